The number of hydrogen-bond acceptors (Lipinski definition) is 4. The van der Waals surface area contributed by atoms with Gasteiger partial charge in [0.05, 0.1) is 22.8 Å². The zero-order valence-corrected chi connectivity index (χ0v) is 16.6. The Morgan fingerprint density at radius 2 is 1.60 bits per heavy atom. The van der Waals surface area contributed by atoms with Crippen LogP contribution < -0.4 is 5.32 Å². The summed E-state index contributed by atoms with van der Waals surface area (Å²) in [6.45, 7) is 12.1. The summed E-state index contributed by atoms with van der Waals surface area (Å²) >= 11 is 0. The van der Waals surface area contributed by atoms with Gasteiger partial charge in [-0.15, -0.1) is 0 Å². The normalized spacial score (nSPS) is 9.12. The molecule has 2 heterocycles. The number of aldehydes is 1. The molecule has 3 aromatic rings. The van der Waals surface area contributed by atoms with E-state index in [4.69, 9.17) is 0 Å². The fourth-order valence-corrected chi connectivity index (χ4v) is 1.96. The number of aryl methyl sites for hydroxylation is 2. The van der Waals surface area contributed by atoms with Crippen LogP contribution in [0.2, 0.25) is 0 Å². The molecule has 0 fully saturated rings. The Morgan fingerprint density at radius 1 is 1.04 bits per heavy atom. The lowest BCUT2D eigenvalue weighted by molar-refractivity contribution is 0.112. The van der Waals surface area contributed by atoms with Crippen molar-refractivity contribution in [3.8, 4) is 11.5 Å². The van der Waals surface area contributed by atoms with Crippen molar-refractivity contribution >= 4 is 17.3 Å². The van der Waals surface area contributed by atoms with Crippen LogP contribution >= 0.6 is 0 Å². The highest BCUT2D eigenvalue weighted by Crippen LogP contribution is 2.23. The van der Waals surface area contributed by atoms with Crippen molar-refractivity contribution < 1.29 is 4.79 Å². The number of fused-ring (bicyclic) bond motifs is 1. The van der Waals surface area contributed by atoms with Crippen molar-refractivity contribution in [3.05, 3.63) is 35.0 Å². The third-order valence-electron chi connectivity index (χ3n) is 3.13. The quantitative estimate of drug-likeness (QED) is 0.605. The number of imidazole rings is 1. The van der Waals surface area contributed by atoms with Crippen molar-refractivity contribution in [3.63, 3.8) is 0 Å². The standard InChI is InChI=1S/C13H12N4O.C2H7N.2C2H6/c1-7-3-10-11(4-8(7)2)16-13(15-10)12-9(6-18)5-14-17-12;1-3-2;2*1-2/h3-6H,1-2H3,(H,14,17)(H,15,16);3H,1-2H3;2*1-2H3. The van der Waals surface area contributed by atoms with Crippen molar-refractivity contribution in [2.45, 2.75) is 41.5 Å². The summed E-state index contributed by atoms with van der Waals surface area (Å²) in [5, 5.41) is 9.40. The van der Waals surface area contributed by atoms with E-state index in [9.17, 15) is 4.79 Å². The van der Waals surface area contributed by atoms with Crippen LogP contribution in [0.5, 0.6) is 0 Å². The van der Waals surface area contributed by atoms with Gasteiger partial charge in [-0.3, -0.25) is 9.89 Å². The van der Waals surface area contributed by atoms with Gasteiger partial charge in [0, 0.05) is 0 Å². The second kappa shape index (κ2) is 12.0. The Morgan fingerprint density at radius 3 is 2.16 bits per heavy atom. The van der Waals surface area contributed by atoms with Gasteiger partial charge in [-0.05, 0) is 51.2 Å². The van der Waals surface area contributed by atoms with E-state index in [1.165, 1.54) is 17.3 Å². The van der Waals surface area contributed by atoms with E-state index in [1.807, 2.05) is 47.9 Å². The third kappa shape index (κ3) is 5.83. The molecule has 0 amide bonds. The van der Waals surface area contributed by atoms with Crippen LogP contribution in [0.4, 0.5) is 0 Å². The third-order valence-corrected chi connectivity index (χ3v) is 3.13. The Kier molecular flexibility index (Phi) is 10.8. The number of carbonyl (C=O) groups excluding carboxylic acids is 1. The molecule has 3 rings (SSSR count). The first-order valence-electron chi connectivity index (χ1n) is 8.65. The summed E-state index contributed by atoms with van der Waals surface area (Å²) in [5.74, 6) is 0.634. The van der Waals surface area contributed by atoms with Gasteiger partial charge in [-0.1, -0.05) is 27.7 Å². The minimum Gasteiger partial charge on any atom is -0.337 e. The number of aromatic nitrogens is 4. The van der Waals surface area contributed by atoms with E-state index in [1.54, 1.807) is 0 Å². The average Bonchev–Trinajstić information content (AvgIpc) is 3.25. The molecule has 6 heteroatoms. The molecule has 6 nitrogen and oxygen atoms in total. The van der Waals surface area contributed by atoms with Gasteiger partial charge in [0.2, 0.25) is 0 Å². The zero-order chi connectivity index (χ0) is 19.4. The molecule has 1 aromatic carbocycles. The molecule has 3 N–H and O–H groups in total. The SMILES string of the molecule is CC.CC.CNC.Cc1cc2nc(-c3[nH]ncc3C=O)[nH]c2cc1C. The summed E-state index contributed by atoms with van der Waals surface area (Å²) in [4.78, 5) is 18.6. The van der Waals surface area contributed by atoms with Crippen molar-refractivity contribution in [2.75, 3.05) is 14.1 Å². The van der Waals surface area contributed by atoms with Crippen LogP contribution in [0.25, 0.3) is 22.6 Å². The summed E-state index contributed by atoms with van der Waals surface area (Å²) in [5.41, 5.74) is 5.37. The maximum atomic E-state index is 10.9. The molecule has 25 heavy (non-hydrogen) atoms. The molecule has 0 unspecified atom stereocenters. The summed E-state index contributed by atoms with van der Waals surface area (Å²) < 4.78 is 0. The molecule has 0 saturated heterocycles. The lowest BCUT2D eigenvalue weighted by Crippen LogP contribution is -1.89. The number of nitrogens with one attached hydrogen (secondary N) is 3. The monoisotopic (exact) mass is 345 g/mol. The van der Waals surface area contributed by atoms with Gasteiger partial charge >= 0.3 is 0 Å². The molecule has 0 aliphatic carbocycles. The van der Waals surface area contributed by atoms with E-state index in [-0.39, 0.29) is 0 Å². The zero-order valence-electron chi connectivity index (χ0n) is 16.6. The summed E-state index contributed by atoms with van der Waals surface area (Å²) in [6.07, 6.45) is 2.26. The van der Waals surface area contributed by atoms with Gasteiger partial charge in [0.1, 0.15) is 5.69 Å². The Balaban J connectivity index is 0.000000728. The predicted octanol–water partition coefficient (Wildman–Crippen LogP) is 4.27. The molecule has 138 valence electrons. The molecule has 0 bridgehead atoms. The fourth-order valence-electron chi connectivity index (χ4n) is 1.96. The van der Waals surface area contributed by atoms with Crippen molar-refractivity contribution in [2.24, 2.45) is 0 Å². The van der Waals surface area contributed by atoms with Crippen LogP contribution in [0.15, 0.2) is 18.3 Å². The van der Waals surface area contributed by atoms with Crippen molar-refractivity contribution in [1.29, 1.82) is 0 Å². The molecule has 2 aromatic heterocycles. The largest absolute Gasteiger partial charge is 0.337 e. The van der Waals surface area contributed by atoms with Crippen LogP contribution in [0.1, 0.15) is 49.2 Å². The Hall–Kier alpha value is -2.47. The molecule has 0 atom stereocenters. The number of rotatable bonds is 2. The first-order valence-corrected chi connectivity index (χ1v) is 8.65. The Bertz CT molecular complexity index is 719. The van der Waals surface area contributed by atoms with E-state index in [0.717, 1.165) is 17.3 Å². The fraction of sp³-hybridized carbons (Fsp3) is 0.421. The van der Waals surface area contributed by atoms with Gasteiger partial charge in [0.25, 0.3) is 0 Å². The highest BCUT2D eigenvalue weighted by atomic mass is 16.1. The van der Waals surface area contributed by atoms with Gasteiger partial charge in [0.15, 0.2) is 12.1 Å². The second-order valence-corrected chi connectivity index (χ2v) is 4.86. The second-order valence-electron chi connectivity index (χ2n) is 4.86. The topological polar surface area (TPSA) is 86.5 Å². The summed E-state index contributed by atoms with van der Waals surface area (Å²) in [7, 11) is 3.75. The lowest BCUT2D eigenvalue weighted by atomic mass is 10.1. The van der Waals surface area contributed by atoms with Gasteiger partial charge < -0.3 is 10.3 Å². The maximum absolute atomic E-state index is 10.9. The van der Waals surface area contributed by atoms with Crippen LogP contribution in [-0.2, 0) is 0 Å². The summed E-state index contributed by atoms with van der Waals surface area (Å²) in [6, 6.07) is 4.08. The van der Waals surface area contributed by atoms with E-state index in [2.05, 4.69) is 45.4 Å². The number of nitrogens with zero attached hydrogens (tertiary/aromatic N) is 2. The number of hydrogen-bond donors (Lipinski definition) is 3. The maximum Gasteiger partial charge on any atom is 0.157 e. The van der Waals surface area contributed by atoms with E-state index >= 15 is 0 Å². The van der Waals surface area contributed by atoms with Crippen LogP contribution in [-0.4, -0.2) is 40.5 Å². The molecular weight excluding hydrogens is 314 g/mol. The number of H-pyrrole nitrogens is 2. The minimum absolute atomic E-state index is 0.502. The Labute approximate surface area is 150 Å². The highest BCUT2D eigenvalue weighted by molar-refractivity contribution is 5.87. The number of benzene rings is 1. The molecular formula is C19H31N5O. The van der Waals surface area contributed by atoms with Gasteiger partial charge in [-0.25, -0.2) is 4.98 Å². The molecule has 0 saturated carbocycles. The average molecular weight is 345 g/mol. The molecule has 0 spiro atoms. The van der Waals surface area contributed by atoms with Crippen LogP contribution in [0.3, 0.4) is 0 Å². The number of carbonyl (C=O) groups is 1. The lowest BCUT2D eigenvalue weighted by Gasteiger charge is -1.97. The molecule has 0 aliphatic heterocycles. The first-order chi connectivity index (χ1) is 12.1. The van der Waals surface area contributed by atoms with Crippen molar-refractivity contribution in [1.82, 2.24) is 25.5 Å². The smallest absolute Gasteiger partial charge is 0.157 e. The first kappa shape index (κ1) is 22.5. The van der Waals surface area contributed by atoms with E-state index in [0.29, 0.717) is 17.1 Å². The predicted molar refractivity (Wildman–Crippen MR) is 106 cm³/mol. The minimum atomic E-state index is 0.502. The number of aromatic amines is 2. The van der Waals surface area contributed by atoms with Gasteiger partial charge in [-0.2, -0.15) is 5.10 Å². The van der Waals surface area contributed by atoms with Crippen LogP contribution in [0, 0.1) is 13.8 Å². The van der Waals surface area contributed by atoms with E-state index < -0.39 is 0 Å². The highest BCUT2D eigenvalue weighted by Gasteiger charge is 2.12. The molecule has 0 radical (unpaired) electrons. The molecule has 0 aliphatic rings.